The highest BCUT2D eigenvalue weighted by molar-refractivity contribution is 7.13. The monoisotopic (exact) mass is 250 g/mol. The first kappa shape index (κ1) is 12.3. The lowest BCUT2D eigenvalue weighted by atomic mass is 10.1. The fourth-order valence-electron chi connectivity index (χ4n) is 2.05. The molecule has 1 aromatic heterocycles. The number of piperidine rings is 1. The highest BCUT2D eigenvalue weighted by Gasteiger charge is 2.19. The van der Waals surface area contributed by atoms with Gasteiger partial charge in [-0.15, -0.1) is 11.3 Å². The summed E-state index contributed by atoms with van der Waals surface area (Å²) < 4.78 is 0. The van der Waals surface area contributed by atoms with Gasteiger partial charge in [0.05, 0.1) is 18.3 Å². The summed E-state index contributed by atoms with van der Waals surface area (Å²) >= 11 is 1.69. The van der Waals surface area contributed by atoms with E-state index in [-0.39, 0.29) is 0 Å². The van der Waals surface area contributed by atoms with E-state index in [1.54, 1.807) is 11.3 Å². The van der Waals surface area contributed by atoms with E-state index >= 15 is 0 Å². The first-order valence-electron chi connectivity index (χ1n) is 6.12. The predicted octanol–water partition coefficient (Wildman–Crippen LogP) is 2.11. The molecular formula is C12H18N4S. The molecule has 4 nitrogen and oxygen atoms in total. The van der Waals surface area contributed by atoms with E-state index in [2.05, 4.69) is 33.6 Å². The van der Waals surface area contributed by atoms with Gasteiger partial charge in [0, 0.05) is 24.5 Å². The summed E-state index contributed by atoms with van der Waals surface area (Å²) in [6.07, 6.45) is 3.20. The van der Waals surface area contributed by atoms with Crippen molar-refractivity contribution >= 4 is 16.5 Å². The average Bonchev–Trinajstić information content (AvgIpc) is 2.80. The summed E-state index contributed by atoms with van der Waals surface area (Å²) in [7, 11) is 0. The number of anilines is 1. The molecule has 0 radical (unpaired) electrons. The van der Waals surface area contributed by atoms with Crippen LogP contribution in [0.5, 0.6) is 0 Å². The number of thiazole rings is 1. The zero-order valence-electron chi connectivity index (χ0n) is 10.1. The minimum Gasteiger partial charge on any atom is -0.359 e. The van der Waals surface area contributed by atoms with Gasteiger partial charge >= 0.3 is 0 Å². The third-order valence-electron chi connectivity index (χ3n) is 3.12. The van der Waals surface area contributed by atoms with Crippen LogP contribution in [0.1, 0.15) is 25.5 Å². The number of nitrogens with one attached hydrogen (secondary N) is 1. The van der Waals surface area contributed by atoms with Crippen LogP contribution in [0.4, 0.5) is 5.13 Å². The number of likely N-dealkylation sites (tertiary alicyclic amines) is 1. The maximum Gasteiger partial charge on any atom is 0.183 e. The van der Waals surface area contributed by atoms with Gasteiger partial charge in [-0.25, -0.2) is 4.98 Å². The quantitative estimate of drug-likeness (QED) is 0.832. The van der Waals surface area contributed by atoms with E-state index in [1.807, 2.05) is 0 Å². The van der Waals surface area contributed by atoms with Crippen LogP contribution in [-0.4, -0.2) is 35.6 Å². The molecule has 1 aliphatic heterocycles. The highest BCUT2D eigenvalue weighted by atomic mass is 32.1. The van der Waals surface area contributed by atoms with Gasteiger partial charge in [-0.3, -0.25) is 4.90 Å². The van der Waals surface area contributed by atoms with Gasteiger partial charge < -0.3 is 5.32 Å². The van der Waals surface area contributed by atoms with Gasteiger partial charge in [0.25, 0.3) is 0 Å². The van der Waals surface area contributed by atoms with Crippen LogP contribution >= 0.6 is 11.3 Å². The molecule has 1 aromatic rings. The van der Waals surface area contributed by atoms with Gasteiger partial charge in [0.1, 0.15) is 0 Å². The van der Waals surface area contributed by atoms with Crippen molar-refractivity contribution in [3.63, 3.8) is 0 Å². The highest BCUT2D eigenvalue weighted by Crippen LogP contribution is 2.20. The minimum absolute atomic E-state index is 0.515. The molecule has 0 atom stereocenters. The van der Waals surface area contributed by atoms with Crippen molar-refractivity contribution in [3.8, 4) is 6.07 Å². The maximum absolute atomic E-state index is 8.63. The molecule has 0 saturated carbocycles. The zero-order chi connectivity index (χ0) is 12.1. The fraction of sp³-hybridized carbons (Fsp3) is 0.667. The molecule has 2 heterocycles. The largest absolute Gasteiger partial charge is 0.359 e. The molecule has 0 unspecified atom stereocenters. The Labute approximate surface area is 106 Å². The molecular weight excluding hydrogens is 232 g/mol. The second-order valence-electron chi connectivity index (χ2n) is 4.35. The van der Waals surface area contributed by atoms with Gasteiger partial charge in [-0.2, -0.15) is 5.26 Å². The van der Waals surface area contributed by atoms with Crippen LogP contribution in [0.3, 0.4) is 0 Å². The Morgan fingerprint density at radius 2 is 2.35 bits per heavy atom. The van der Waals surface area contributed by atoms with Crippen molar-refractivity contribution in [2.24, 2.45) is 0 Å². The molecule has 0 aliphatic carbocycles. The summed E-state index contributed by atoms with van der Waals surface area (Å²) in [5.41, 5.74) is 1.17. The minimum atomic E-state index is 0.515. The number of aromatic nitrogens is 1. The molecule has 1 N–H and O–H groups in total. The van der Waals surface area contributed by atoms with E-state index in [0.29, 0.717) is 12.6 Å². The van der Waals surface area contributed by atoms with E-state index in [4.69, 9.17) is 5.26 Å². The van der Waals surface area contributed by atoms with Crippen LogP contribution in [0.25, 0.3) is 0 Å². The molecule has 1 fully saturated rings. The maximum atomic E-state index is 8.63. The van der Waals surface area contributed by atoms with E-state index in [9.17, 15) is 0 Å². The summed E-state index contributed by atoms with van der Waals surface area (Å²) in [5, 5.41) is 15.3. The number of aryl methyl sites for hydroxylation is 1. The van der Waals surface area contributed by atoms with Gasteiger partial charge in [0.2, 0.25) is 0 Å². The van der Waals surface area contributed by atoms with E-state index in [0.717, 1.165) is 37.5 Å². The molecule has 1 saturated heterocycles. The fourth-order valence-corrected chi connectivity index (χ4v) is 2.92. The molecule has 92 valence electrons. The van der Waals surface area contributed by atoms with Gasteiger partial charge in [-0.1, -0.05) is 6.92 Å². The summed E-state index contributed by atoms with van der Waals surface area (Å²) in [6.45, 7) is 4.71. The third kappa shape index (κ3) is 3.42. The number of nitriles is 1. The van der Waals surface area contributed by atoms with Crippen LogP contribution in [0.15, 0.2) is 5.38 Å². The molecule has 1 aliphatic rings. The molecule has 0 spiro atoms. The molecule has 0 bridgehead atoms. The Morgan fingerprint density at radius 3 is 2.94 bits per heavy atom. The zero-order valence-corrected chi connectivity index (χ0v) is 11.0. The average molecular weight is 250 g/mol. The third-order valence-corrected chi connectivity index (χ3v) is 3.95. The van der Waals surface area contributed by atoms with Crippen molar-refractivity contribution in [2.75, 3.05) is 25.0 Å². The smallest absolute Gasteiger partial charge is 0.183 e. The summed E-state index contributed by atoms with van der Waals surface area (Å²) in [4.78, 5) is 6.73. The lowest BCUT2D eigenvalue weighted by Crippen LogP contribution is -2.39. The van der Waals surface area contributed by atoms with Crippen molar-refractivity contribution in [2.45, 2.75) is 32.2 Å². The van der Waals surface area contributed by atoms with Crippen molar-refractivity contribution in [3.05, 3.63) is 11.1 Å². The molecule has 0 aromatic carbocycles. The first-order chi connectivity index (χ1) is 8.31. The SMILES string of the molecule is CCc1csc(NC2CCN(CC#N)CC2)n1. The van der Waals surface area contributed by atoms with Crippen LogP contribution in [0.2, 0.25) is 0 Å². The Morgan fingerprint density at radius 1 is 1.59 bits per heavy atom. The Hall–Kier alpha value is -1.12. The molecule has 0 amide bonds. The molecule has 2 rings (SSSR count). The number of nitrogens with zero attached hydrogens (tertiary/aromatic N) is 3. The Balaban J connectivity index is 1.80. The van der Waals surface area contributed by atoms with Crippen LogP contribution in [-0.2, 0) is 6.42 Å². The summed E-state index contributed by atoms with van der Waals surface area (Å²) in [6, 6.07) is 2.72. The molecule has 5 heteroatoms. The summed E-state index contributed by atoms with van der Waals surface area (Å²) in [5.74, 6) is 0. The Bertz CT molecular complexity index is 387. The standard InChI is InChI=1S/C12H18N4S/c1-2-10-9-17-12(14-10)15-11-3-6-16(7-4-11)8-5-13/h9,11H,2-4,6-8H2,1H3,(H,14,15). The van der Waals surface area contributed by atoms with Crippen LogP contribution < -0.4 is 5.32 Å². The predicted molar refractivity (Wildman–Crippen MR) is 70.2 cm³/mol. The second kappa shape index (κ2) is 5.99. The first-order valence-corrected chi connectivity index (χ1v) is 7.00. The normalized spacial score (nSPS) is 17.9. The van der Waals surface area contributed by atoms with E-state index in [1.165, 1.54) is 5.69 Å². The van der Waals surface area contributed by atoms with Crippen molar-refractivity contribution in [1.29, 1.82) is 5.26 Å². The lowest BCUT2D eigenvalue weighted by molar-refractivity contribution is 0.242. The molecule has 17 heavy (non-hydrogen) atoms. The number of rotatable bonds is 4. The van der Waals surface area contributed by atoms with Gasteiger partial charge in [0.15, 0.2) is 5.13 Å². The number of hydrogen-bond donors (Lipinski definition) is 1. The Kier molecular flexibility index (Phi) is 4.35. The second-order valence-corrected chi connectivity index (χ2v) is 5.21. The lowest BCUT2D eigenvalue weighted by Gasteiger charge is -2.30. The number of hydrogen-bond acceptors (Lipinski definition) is 5. The van der Waals surface area contributed by atoms with Crippen molar-refractivity contribution in [1.82, 2.24) is 9.88 Å². The van der Waals surface area contributed by atoms with Crippen LogP contribution in [0, 0.1) is 11.3 Å². The van der Waals surface area contributed by atoms with Gasteiger partial charge in [-0.05, 0) is 19.3 Å². The van der Waals surface area contributed by atoms with E-state index < -0.39 is 0 Å². The topological polar surface area (TPSA) is 52.0 Å². The van der Waals surface area contributed by atoms with Crippen molar-refractivity contribution < 1.29 is 0 Å².